The summed E-state index contributed by atoms with van der Waals surface area (Å²) in [5, 5.41) is 23.3. The number of hydrogen-bond donors (Lipinski definition) is 4. The molecule has 1 fully saturated rings. The van der Waals surface area contributed by atoms with Gasteiger partial charge in [0.25, 0.3) is 0 Å². The highest BCUT2D eigenvalue weighted by Gasteiger charge is 2.25. The van der Waals surface area contributed by atoms with Crippen LogP contribution in [0.5, 0.6) is 0 Å². The Morgan fingerprint density at radius 1 is 1.26 bits per heavy atom. The van der Waals surface area contributed by atoms with Crippen LogP contribution in [0.25, 0.3) is 5.65 Å². The van der Waals surface area contributed by atoms with Gasteiger partial charge in [-0.2, -0.15) is 10.1 Å². The summed E-state index contributed by atoms with van der Waals surface area (Å²) in [4.78, 5) is 24.7. The lowest BCUT2D eigenvalue weighted by atomic mass is 10.2. The van der Waals surface area contributed by atoms with E-state index in [1.807, 2.05) is 64.9 Å². The molecule has 1 aromatic carbocycles. The molecule has 176 valence electrons. The number of carbonyl (C=O) groups is 1. The van der Waals surface area contributed by atoms with Gasteiger partial charge in [-0.3, -0.25) is 19.2 Å². The summed E-state index contributed by atoms with van der Waals surface area (Å²) < 4.78 is 1.87. The molecule has 0 aliphatic carbocycles. The van der Waals surface area contributed by atoms with Gasteiger partial charge in [-0.05, 0) is 74.5 Å². The molecule has 0 saturated carbocycles. The van der Waals surface area contributed by atoms with E-state index in [-0.39, 0.29) is 25.1 Å². The van der Waals surface area contributed by atoms with Gasteiger partial charge in [0, 0.05) is 34.6 Å². The van der Waals surface area contributed by atoms with Crippen molar-refractivity contribution in [1.82, 2.24) is 29.5 Å². The maximum Gasteiger partial charge on any atom is 0.238 e. The van der Waals surface area contributed by atoms with Crippen molar-refractivity contribution in [1.29, 1.82) is 0 Å². The van der Waals surface area contributed by atoms with Crippen molar-refractivity contribution in [2.75, 3.05) is 30.3 Å². The van der Waals surface area contributed by atoms with Crippen LogP contribution < -0.4 is 10.6 Å². The van der Waals surface area contributed by atoms with Crippen molar-refractivity contribution in [3.8, 4) is 0 Å². The number of aryl methyl sites for hydroxylation is 1. The number of fused-ring (bicyclic) bond motifs is 1. The molecule has 1 saturated heterocycles. The molecule has 4 N–H and O–H groups in total. The Labute approximate surface area is 200 Å². The molecule has 1 atom stereocenters. The Bertz CT molecular complexity index is 1290. The summed E-state index contributed by atoms with van der Waals surface area (Å²) in [6, 6.07) is 13.4. The molecule has 1 amide bonds. The van der Waals surface area contributed by atoms with E-state index in [9.17, 15) is 9.90 Å². The Morgan fingerprint density at radius 2 is 2.12 bits per heavy atom. The molecular weight excluding hydrogens is 452 g/mol. The van der Waals surface area contributed by atoms with Gasteiger partial charge in [0.2, 0.25) is 11.9 Å². The van der Waals surface area contributed by atoms with E-state index in [0.29, 0.717) is 16.9 Å². The third-order valence-electron chi connectivity index (χ3n) is 5.72. The van der Waals surface area contributed by atoms with E-state index in [1.54, 1.807) is 0 Å². The second-order valence-electron chi connectivity index (χ2n) is 8.25. The number of aliphatic hydroxyl groups excluding tert-OH is 1. The zero-order valence-corrected chi connectivity index (χ0v) is 19.5. The molecule has 1 aliphatic heterocycles. The van der Waals surface area contributed by atoms with Crippen LogP contribution in [0.4, 0.5) is 17.5 Å². The van der Waals surface area contributed by atoms with Crippen LogP contribution in [-0.2, 0) is 4.79 Å². The van der Waals surface area contributed by atoms with Gasteiger partial charge in [0.15, 0.2) is 11.0 Å². The van der Waals surface area contributed by atoms with Gasteiger partial charge in [-0.15, -0.1) is 0 Å². The minimum Gasteiger partial charge on any atom is -0.395 e. The average Bonchev–Trinajstić information content (AvgIpc) is 3.56. The molecule has 0 radical (unpaired) electrons. The molecule has 4 aromatic rings. The Kier molecular flexibility index (Phi) is 6.48. The van der Waals surface area contributed by atoms with E-state index in [4.69, 9.17) is 0 Å². The predicted octanol–water partition coefficient (Wildman–Crippen LogP) is 3.05. The third-order valence-corrected chi connectivity index (χ3v) is 6.59. The van der Waals surface area contributed by atoms with Gasteiger partial charge < -0.3 is 15.7 Å². The molecule has 4 heterocycles. The number of anilines is 3. The van der Waals surface area contributed by atoms with E-state index in [2.05, 4.69) is 30.8 Å². The number of benzene rings is 1. The standard InChI is InChI=1S/C23H26N8O2S/c1-15-12-19(29-28-15)25-22-27-23(26-20-5-3-11-31(20)22)34-18-8-6-16(7-9-18)24-21(33)13-30-10-2-4-17(30)14-32/h3,5-9,11-12,17,32H,2,4,10,13-14H2,1H3,(H,24,33)(H2,25,26,27,28,29). The largest absolute Gasteiger partial charge is 0.395 e. The first kappa shape index (κ1) is 22.4. The van der Waals surface area contributed by atoms with Crippen LogP contribution >= 0.6 is 11.8 Å². The topological polar surface area (TPSA) is 123 Å². The predicted molar refractivity (Wildman–Crippen MR) is 130 cm³/mol. The molecule has 0 bridgehead atoms. The fourth-order valence-electron chi connectivity index (χ4n) is 4.05. The highest BCUT2D eigenvalue weighted by molar-refractivity contribution is 7.99. The Balaban J connectivity index is 1.25. The molecule has 5 rings (SSSR count). The average molecular weight is 479 g/mol. The van der Waals surface area contributed by atoms with Crippen molar-refractivity contribution in [2.24, 2.45) is 0 Å². The monoisotopic (exact) mass is 478 g/mol. The first-order valence-corrected chi connectivity index (χ1v) is 12.0. The van der Waals surface area contributed by atoms with Gasteiger partial charge in [-0.25, -0.2) is 4.98 Å². The van der Waals surface area contributed by atoms with E-state index in [0.717, 1.165) is 41.3 Å². The smallest absolute Gasteiger partial charge is 0.238 e. The second kappa shape index (κ2) is 9.84. The molecule has 11 heteroatoms. The summed E-state index contributed by atoms with van der Waals surface area (Å²) >= 11 is 1.44. The lowest BCUT2D eigenvalue weighted by molar-refractivity contribution is -0.117. The number of hydrogen-bond acceptors (Lipinski definition) is 8. The molecule has 34 heavy (non-hydrogen) atoms. The van der Waals surface area contributed by atoms with Crippen LogP contribution in [-0.4, -0.2) is 66.2 Å². The maximum atomic E-state index is 12.4. The SMILES string of the molecule is Cc1cc(Nc2nc(Sc3ccc(NC(=O)CN4CCCC4CO)cc3)nc3cccn23)n[nH]1. The van der Waals surface area contributed by atoms with Crippen molar-refractivity contribution < 1.29 is 9.90 Å². The van der Waals surface area contributed by atoms with Crippen molar-refractivity contribution >= 4 is 40.8 Å². The number of nitrogens with zero attached hydrogens (tertiary/aromatic N) is 5. The number of aromatic nitrogens is 5. The van der Waals surface area contributed by atoms with Crippen molar-refractivity contribution in [2.45, 2.75) is 35.9 Å². The lowest BCUT2D eigenvalue weighted by Crippen LogP contribution is -2.38. The number of aromatic amines is 1. The summed E-state index contributed by atoms with van der Waals surface area (Å²) in [5.74, 6) is 1.23. The van der Waals surface area contributed by atoms with Gasteiger partial charge >= 0.3 is 0 Å². The fourth-order valence-corrected chi connectivity index (χ4v) is 4.80. The second-order valence-corrected chi connectivity index (χ2v) is 9.29. The Morgan fingerprint density at radius 3 is 2.88 bits per heavy atom. The summed E-state index contributed by atoms with van der Waals surface area (Å²) in [6.07, 6.45) is 3.85. The zero-order chi connectivity index (χ0) is 23.5. The van der Waals surface area contributed by atoms with Crippen LogP contribution in [0.15, 0.2) is 58.7 Å². The van der Waals surface area contributed by atoms with E-state index in [1.165, 1.54) is 11.8 Å². The first-order chi connectivity index (χ1) is 16.6. The zero-order valence-electron chi connectivity index (χ0n) is 18.7. The number of nitrogens with one attached hydrogen (secondary N) is 3. The van der Waals surface area contributed by atoms with Gasteiger partial charge in [-0.1, -0.05) is 0 Å². The minimum atomic E-state index is -0.0768. The molecule has 10 nitrogen and oxygen atoms in total. The molecule has 3 aromatic heterocycles. The maximum absolute atomic E-state index is 12.4. The number of H-pyrrole nitrogens is 1. The quantitative estimate of drug-likeness (QED) is 0.305. The molecule has 1 aliphatic rings. The lowest BCUT2D eigenvalue weighted by Gasteiger charge is -2.21. The normalized spacial score (nSPS) is 16.2. The van der Waals surface area contributed by atoms with Crippen LogP contribution in [0.3, 0.4) is 0 Å². The van der Waals surface area contributed by atoms with Crippen molar-refractivity contribution in [3.05, 3.63) is 54.4 Å². The number of carbonyl (C=O) groups excluding carboxylic acids is 1. The highest BCUT2D eigenvalue weighted by atomic mass is 32.2. The van der Waals surface area contributed by atoms with E-state index >= 15 is 0 Å². The first-order valence-electron chi connectivity index (χ1n) is 11.1. The summed E-state index contributed by atoms with van der Waals surface area (Å²) in [5.41, 5.74) is 2.46. The fraction of sp³-hybridized carbons (Fsp3) is 0.304. The number of likely N-dealkylation sites (tertiary alicyclic amines) is 1. The molecular formula is C23H26N8O2S. The third kappa shape index (κ3) is 5.06. The van der Waals surface area contributed by atoms with Crippen molar-refractivity contribution in [3.63, 3.8) is 0 Å². The number of amides is 1. The number of rotatable bonds is 8. The molecule has 0 spiro atoms. The Hall–Kier alpha value is -3.41. The van der Waals surface area contributed by atoms with Crippen LogP contribution in [0, 0.1) is 6.92 Å². The number of aliphatic hydroxyl groups is 1. The van der Waals surface area contributed by atoms with Crippen LogP contribution in [0.1, 0.15) is 18.5 Å². The summed E-state index contributed by atoms with van der Waals surface area (Å²) in [6.45, 7) is 3.17. The van der Waals surface area contributed by atoms with Gasteiger partial charge in [0.05, 0.1) is 13.2 Å². The summed E-state index contributed by atoms with van der Waals surface area (Å²) in [7, 11) is 0. The molecule has 1 unspecified atom stereocenters. The van der Waals surface area contributed by atoms with Gasteiger partial charge in [0.1, 0.15) is 5.65 Å². The van der Waals surface area contributed by atoms with E-state index < -0.39 is 0 Å². The minimum absolute atomic E-state index is 0.0768. The van der Waals surface area contributed by atoms with Crippen LogP contribution in [0.2, 0.25) is 0 Å². The highest BCUT2D eigenvalue weighted by Crippen LogP contribution is 2.28.